The standard InChI is InChI=1S/CO2.Au/c2-1-3;/q-1;. The van der Waals surface area contributed by atoms with Gasteiger partial charge in [-0.05, 0) is 0 Å². The fourth-order valence-corrected chi connectivity index (χ4v) is 0. The van der Waals surface area contributed by atoms with Crippen LogP contribution in [0.5, 0.6) is 0 Å². The van der Waals surface area contributed by atoms with Gasteiger partial charge in [0.15, 0.2) is 0 Å². The summed E-state index contributed by atoms with van der Waals surface area (Å²) in [5, 5.41) is 8.86. The van der Waals surface area contributed by atoms with E-state index in [1.165, 1.54) is 21.1 Å². The van der Waals surface area contributed by atoms with E-state index in [1.54, 1.807) is 0 Å². The first kappa shape index (κ1) is 4.21. The predicted octanol–water partition coefficient (Wildman–Crippen LogP) is -1.12. The predicted molar refractivity (Wildman–Crippen MR) is 5.40 cm³/mol. The Hall–Kier alpha value is 0.210. The van der Waals surface area contributed by atoms with Crippen molar-refractivity contribution in [1.82, 2.24) is 0 Å². The van der Waals surface area contributed by atoms with Crippen molar-refractivity contribution >= 4 is 4.19 Å². The Balaban J connectivity index is 2.80. The van der Waals surface area contributed by atoms with Crippen molar-refractivity contribution in [3.63, 3.8) is 0 Å². The molecule has 0 N–H and O–H groups in total. The molecule has 0 heterocycles. The second kappa shape index (κ2) is 1.52. The minimum absolute atomic E-state index is 1.14. The molecule has 0 aromatic rings. The van der Waals surface area contributed by atoms with Crippen molar-refractivity contribution in [2.24, 2.45) is 0 Å². The molecule has 0 rings (SSSR count). The molecule has 0 aliphatic carbocycles. The van der Waals surface area contributed by atoms with Crippen LogP contribution in [0.2, 0.25) is 0 Å². The summed E-state index contributed by atoms with van der Waals surface area (Å²) in [4.78, 5) is 8.86. The van der Waals surface area contributed by atoms with Gasteiger partial charge in [0.2, 0.25) is 0 Å². The van der Waals surface area contributed by atoms with E-state index < -0.39 is 4.19 Å². The van der Waals surface area contributed by atoms with Gasteiger partial charge in [-0.25, -0.2) is 0 Å². The summed E-state index contributed by atoms with van der Waals surface area (Å²) < 4.78 is -1.14. The van der Waals surface area contributed by atoms with Crippen LogP contribution in [0.25, 0.3) is 0 Å². The van der Waals surface area contributed by atoms with E-state index in [9.17, 15) is 0 Å². The fraction of sp³-hybridized carbons (Fsp3) is 0. The van der Waals surface area contributed by atoms with Gasteiger partial charge < -0.3 is 0 Å². The normalized spacial score (nSPS) is 6.50. The average molecular weight is 241 g/mol. The number of carbonyl (C=O) groups excluding carboxylic acids is 1. The van der Waals surface area contributed by atoms with Gasteiger partial charge in [-0.1, -0.05) is 0 Å². The third kappa shape index (κ3) is 73.2. The molecule has 0 atom stereocenters. The Labute approximate surface area is 35.7 Å². The van der Waals surface area contributed by atoms with Crippen molar-refractivity contribution in [2.75, 3.05) is 0 Å². The SMILES string of the molecule is O=[C]([O-])[Au]. The van der Waals surface area contributed by atoms with Gasteiger partial charge >= 0.3 is 35.2 Å². The van der Waals surface area contributed by atoms with Crippen molar-refractivity contribution in [1.29, 1.82) is 0 Å². The molecule has 0 radical (unpaired) electrons. The molecule has 0 saturated heterocycles. The van der Waals surface area contributed by atoms with Crippen LogP contribution in [0.4, 0.5) is 4.79 Å². The van der Waals surface area contributed by atoms with Gasteiger partial charge in [0, 0.05) is 0 Å². The van der Waals surface area contributed by atoms with E-state index in [0.29, 0.717) is 0 Å². The Bertz CT molecular complexity index is 29.0. The maximum absolute atomic E-state index is 8.86. The summed E-state index contributed by atoms with van der Waals surface area (Å²) in [6.07, 6.45) is 0. The van der Waals surface area contributed by atoms with E-state index in [-0.39, 0.29) is 0 Å². The minimum atomic E-state index is -1.14. The molecule has 0 aromatic heterocycles. The third-order valence-electron chi connectivity index (χ3n) is 0. The summed E-state index contributed by atoms with van der Waals surface area (Å²) in [6, 6.07) is 0. The molecule has 0 unspecified atom stereocenters. The Morgan fingerprint density at radius 3 is 2.00 bits per heavy atom. The number of hydrogen-bond acceptors (Lipinski definition) is 2. The summed E-state index contributed by atoms with van der Waals surface area (Å²) >= 11 is 1.30. The van der Waals surface area contributed by atoms with Crippen molar-refractivity contribution in [2.45, 2.75) is 0 Å². The second-order valence-corrected chi connectivity index (χ2v) is 1.09. The number of carbonyl (C=O) groups is 1. The second-order valence-electron chi connectivity index (χ2n) is 0.206. The summed E-state index contributed by atoms with van der Waals surface area (Å²) in [7, 11) is 0. The zero-order valence-electron chi connectivity index (χ0n) is 1.62. The number of hydrogen-bond donors (Lipinski definition) is 0. The molecule has 0 aliphatic heterocycles. The van der Waals surface area contributed by atoms with Crippen molar-refractivity contribution in [3.05, 3.63) is 0 Å². The molecule has 0 saturated carbocycles. The first-order valence-electron chi connectivity index (χ1n) is 0.559. The Morgan fingerprint density at radius 2 is 2.00 bits per heavy atom. The summed E-state index contributed by atoms with van der Waals surface area (Å²) in [5.41, 5.74) is 0. The van der Waals surface area contributed by atoms with E-state index in [0.717, 1.165) is 0 Å². The van der Waals surface area contributed by atoms with Crippen LogP contribution < -0.4 is 5.11 Å². The van der Waals surface area contributed by atoms with Gasteiger partial charge in [-0.3, -0.25) is 0 Å². The zero-order chi connectivity index (χ0) is 3.58. The van der Waals surface area contributed by atoms with E-state index >= 15 is 0 Å². The topological polar surface area (TPSA) is 40.1 Å². The van der Waals surface area contributed by atoms with Crippen LogP contribution >= 0.6 is 0 Å². The van der Waals surface area contributed by atoms with Gasteiger partial charge in [-0.2, -0.15) is 0 Å². The van der Waals surface area contributed by atoms with E-state index in [4.69, 9.17) is 9.90 Å². The monoisotopic (exact) mass is 241 g/mol. The van der Waals surface area contributed by atoms with Crippen LogP contribution in [-0.2, 0) is 21.1 Å². The van der Waals surface area contributed by atoms with E-state index in [2.05, 4.69) is 0 Å². The molecule has 4 heavy (non-hydrogen) atoms. The van der Waals surface area contributed by atoms with Crippen LogP contribution in [0.3, 0.4) is 0 Å². The van der Waals surface area contributed by atoms with Crippen molar-refractivity contribution < 1.29 is 31.0 Å². The van der Waals surface area contributed by atoms with Crippen LogP contribution in [0.1, 0.15) is 0 Å². The zero-order valence-corrected chi connectivity index (χ0v) is 3.78. The molecule has 0 aromatic carbocycles. The summed E-state index contributed by atoms with van der Waals surface area (Å²) in [5.74, 6) is 0. The molecule has 0 amide bonds. The molecule has 28 valence electrons. The molecule has 0 spiro atoms. The van der Waals surface area contributed by atoms with Gasteiger partial charge in [0.1, 0.15) is 0 Å². The van der Waals surface area contributed by atoms with Gasteiger partial charge in [0.05, 0.1) is 0 Å². The molecular weight excluding hydrogens is 241 g/mol. The van der Waals surface area contributed by atoms with Crippen LogP contribution in [0.15, 0.2) is 0 Å². The van der Waals surface area contributed by atoms with Crippen molar-refractivity contribution in [3.8, 4) is 0 Å². The third-order valence-corrected chi connectivity index (χ3v) is 0. The van der Waals surface area contributed by atoms with Crippen LogP contribution in [-0.4, -0.2) is 4.19 Å². The fourth-order valence-electron chi connectivity index (χ4n) is 0. The van der Waals surface area contributed by atoms with Crippen LogP contribution in [0, 0.1) is 0 Å². The van der Waals surface area contributed by atoms with Gasteiger partial charge in [0.25, 0.3) is 0 Å². The quantitative estimate of drug-likeness (QED) is 0.504. The Morgan fingerprint density at radius 1 is 2.00 bits per heavy atom. The average Bonchev–Trinajstić information content (AvgIpc) is 0.811. The van der Waals surface area contributed by atoms with Gasteiger partial charge in [-0.15, -0.1) is 0 Å². The molecule has 0 bridgehead atoms. The number of rotatable bonds is 0. The van der Waals surface area contributed by atoms with E-state index in [1.807, 2.05) is 0 Å². The molecule has 2 nitrogen and oxygen atoms in total. The Kier molecular flexibility index (Phi) is 1.60. The first-order chi connectivity index (χ1) is 1.73. The molecule has 0 aliphatic rings. The first-order valence-corrected chi connectivity index (χ1v) is 1.64. The molecule has 0 fully saturated rings. The maximum atomic E-state index is 8.86. The summed E-state index contributed by atoms with van der Waals surface area (Å²) in [6.45, 7) is 0. The number of carboxylic acid groups (broad SMARTS) is 1. The molecular formula is CAuO2-. The molecule has 3 heteroatoms.